The zero-order valence-electron chi connectivity index (χ0n) is 10.6. The molecule has 1 unspecified atom stereocenters. The van der Waals surface area contributed by atoms with Crippen molar-refractivity contribution < 1.29 is 4.74 Å². The summed E-state index contributed by atoms with van der Waals surface area (Å²) in [5.74, 6) is 1.26. The minimum Gasteiger partial charge on any atom is -0.481 e. The van der Waals surface area contributed by atoms with Crippen LogP contribution in [0.15, 0.2) is 6.07 Å². The molecule has 0 fully saturated rings. The third-order valence-corrected chi connectivity index (χ3v) is 2.41. The molecule has 90 valence electrons. The second kappa shape index (κ2) is 6.30. The number of nitrogens with one attached hydrogen (secondary N) is 1. The summed E-state index contributed by atoms with van der Waals surface area (Å²) in [7, 11) is 1.62. The van der Waals surface area contributed by atoms with Crippen molar-refractivity contribution >= 4 is 5.95 Å². The summed E-state index contributed by atoms with van der Waals surface area (Å²) in [5, 5.41) is 3.29. The highest BCUT2D eigenvalue weighted by molar-refractivity contribution is 5.31. The molecular weight excluding hydrogens is 202 g/mol. The van der Waals surface area contributed by atoms with E-state index in [9.17, 15) is 0 Å². The van der Waals surface area contributed by atoms with Gasteiger partial charge in [0.25, 0.3) is 0 Å². The second-order valence-electron chi connectivity index (χ2n) is 4.06. The van der Waals surface area contributed by atoms with Crippen molar-refractivity contribution in [1.82, 2.24) is 9.97 Å². The minimum absolute atomic E-state index is 0.395. The van der Waals surface area contributed by atoms with Crippen molar-refractivity contribution in [2.45, 2.75) is 46.1 Å². The Morgan fingerprint density at radius 1 is 1.44 bits per heavy atom. The highest BCUT2D eigenvalue weighted by atomic mass is 16.5. The van der Waals surface area contributed by atoms with Crippen LogP contribution < -0.4 is 10.1 Å². The largest absolute Gasteiger partial charge is 0.481 e. The molecule has 0 amide bonds. The lowest BCUT2D eigenvalue weighted by Gasteiger charge is -2.13. The van der Waals surface area contributed by atoms with Gasteiger partial charge in [0.1, 0.15) is 0 Å². The van der Waals surface area contributed by atoms with Gasteiger partial charge < -0.3 is 10.1 Å². The van der Waals surface area contributed by atoms with Gasteiger partial charge in [-0.3, -0.25) is 0 Å². The topological polar surface area (TPSA) is 47.0 Å². The van der Waals surface area contributed by atoms with Gasteiger partial charge in [-0.15, -0.1) is 0 Å². The van der Waals surface area contributed by atoms with Gasteiger partial charge in [0.2, 0.25) is 11.8 Å². The van der Waals surface area contributed by atoms with Crippen LogP contribution in [0.1, 0.15) is 38.8 Å². The van der Waals surface area contributed by atoms with Gasteiger partial charge >= 0.3 is 0 Å². The van der Waals surface area contributed by atoms with Gasteiger partial charge in [0, 0.05) is 17.8 Å². The van der Waals surface area contributed by atoms with Crippen LogP contribution in [0.5, 0.6) is 5.88 Å². The van der Waals surface area contributed by atoms with Gasteiger partial charge in [-0.2, -0.15) is 4.98 Å². The maximum absolute atomic E-state index is 5.11. The Labute approximate surface area is 97.5 Å². The molecular formula is C12H21N3O. The summed E-state index contributed by atoms with van der Waals surface area (Å²) >= 11 is 0. The molecule has 0 saturated carbocycles. The van der Waals surface area contributed by atoms with E-state index in [1.54, 1.807) is 7.11 Å². The summed E-state index contributed by atoms with van der Waals surface area (Å²) in [6, 6.07) is 2.22. The zero-order chi connectivity index (χ0) is 12.0. The zero-order valence-corrected chi connectivity index (χ0v) is 10.6. The van der Waals surface area contributed by atoms with Crippen LogP contribution in [-0.4, -0.2) is 23.1 Å². The molecule has 1 aromatic heterocycles. The Bertz CT molecular complexity index is 328. The van der Waals surface area contributed by atoms with Crippen molar-refractivity contribution in [2.24, 2.45) is 0 Å². The Morgan fingerprint density at radius 3 is 2.81 bits per heavy atom. The van der Waals surface area contributed by atoms with E-state index in [2.05, 4.69) is 29.1 Å². The van der Waals surface area contributed by atoms with Gasteiger partial charge in [-0.1, -0.05) is 19.8 Å². The molecule has 1 atom stereocenters. The average Bonchev–Trinajstić information content (AvgIpc) is 2.25. The number of hydrogen-bond acceptors (Lipinski definition) is 4. The Balaban J connectivity index is 2.61. The second-order valence-corrected chi connectivity index (χ2v) is 4.06. The predicted octanol–water partition coefficient (Wildman–Crippen LogP) is 2.78. The fourth-order valence-corrected chi connectivity index (χ4v) is 1.51. The van der Waals surface area contributed by atoms with Crippen molar-refractivity contribution in [2.75, 3.05) is 12.4 Å². The van der Waals surface area contributed by atoms with Crippen molar-refractivity contribution in [3.8, 4) is 5.88 Å². The lowest BCUT2D eigenvalue weighted by Crippen LogP contribution is -2.17. The number of unbranched alkanes of at least 4 members (excludes halogenated alkanes) is 1. The molecule has 0 aliphatic heterocycles. The fourth-order valence-electron chi connectivity index (χ4n) is 1.51. The van der Waals surface area contributed by atoms with Crippen LogP contribution in [-0.2, 0) is 0 Å². The number of methoxy groups -OCH3 is 1. The van der Waals surface area contributed by atoms with Crippen LogP contribution >= 0.6 is 0 Å². The van der Waals surface area contributed by atoms with Gasteiger partial charge in [0.15, 0.2) is 0 Å². The number of aromatic nitrogens is 2. The molecule has 0 bridgehead atoms. The van der Waals surface area contributed by atoms with Crippen LogP contribution in [0.4, 0.5) is 5.95 Å². The van der Waals surface area contributed by atoms with E-state index in [1.807, 2.05) is 13.0 Å². The summed E-state index contributed by atoms with van der Waals surface area (Å²) < 4.78 is 5.11. The van der Waals surface area contributed by atoms with Crippen molar-refractivity contribution in [3.63, 3.8) is 0 Å². The standard InChI is InChI=1S/C12H21N3O/c1-5-6-7-9(2)13-12-14-10(3)8-11(15-12)16-4/h8-9H,5-7H2,1-4H3,(H,13,14,15). The Morgan fingerprint density at radius 2 is 2.19 bits per heavy atom. The monoisotopic (exact) mass is 223 g/mol. The number of anilines is 1. The van der Waals surface area contributed by atoms with E-state index >= 15 is 0 Å². The van der Waals surface area contributed by atoms with E-state index in [1.165, 1.54) is 12.8 Å². The molecule has 1 heterocycles. The van der Waals surface area contributed by atoms with Gasteiger partial charge in [0.05, 0.1) is 7.11 Å². The molecule has 0 spiro atoms. The lowest BCUT2D eigenvalue weighted by atomic mass is 10.1. The molecule has 0 saturated heterocycles. The lowest BCUT2D eigenvalue weighted by molar-refractivity contribution is 0.396. The molecule has 4 heteroatoms. The minimum atomic E-state index is 0.395. The summed E-state index contributed by atoms with van der Waals surface area (Å²) in [6.07, 6.45) is 3.57. The summed E-state index contributed by atoms with van der Waals surface area (Å²) in [5.41, 5.74) is 0.914. The smallest absolute Gasteiger partial charge is 0.226 e. The SMILES string of the molecule is CCCCC(C)Nc1nc(C)cc(OC)n1. The first-order valence-corrected chi connectivity index (χ1v) is 5.82. The van der Waals surface area contributed by atoms with Crippen molar-refractivity contribution in [1.29, 1.82) is 0 Å². The number of aryl methyl sites for hydroxylation is 1. The van der Waals surface area contributed by atoms with Crippen LogP contribution in [0.2, 0.25) is 0 Å². The van der Waals surface area contributed by atoms with Crippen molar-refractivity contribution in [3.05, 3.63) is 11.8 Å². The number of hydrogen-bond donors (Lipinski definition) is 1. The molecule has 1 N–H and O–H groups in total. The first-order chi connectivity index (χ1) is 7.65. The average molecular weight is 223 g/mol. The molecule has 1 aromatic rings. The molecule has 0 aromatic carbocycles. The van der Waals surface area contributed by atoms with E-state index in [-0.39, 0.29) is 0 Å². The van der Waals surface area contributed by atoms with Crippen LogP contribution in [0, 0.1) is 6.92 Å². The van der Waals surface area contributed by atoms with E-state index in [0.29, 0.717) is 17.9 Å². The Hall–Kier alpha value is -1.32. The highest BCUT2D eigenvalue weighted by Gasteiger charge is 2.06. The van der Waals surface area contributed by atoms with Gasteiger partial charge in [-0.05, 0) is 20.3 Å². The predicted molar refractivity (Wildman–Crippen MR) is 65.9 cm³/mol. The third kappa shape index (κ3) is 4.04. The first kappa shape index (κ1) is 12.7. The van der Waals surface area contributed by atoms with E-state index in [4.69, 9.17) is 4.74 Å². The normalized spacial score (nSPS) is 12.2. The molecule has 0 aliphatic rings. The summed E-state index contributed by atoms with van der Waals surface area (Å²) in [6.45, 7) is 6.28. The number of nitrogens with zero attached hydrogens (tertiary/aromatic N) is 2. The van der Waals surface area contributed by atoms with Crippen LogP contribution in [0.25, 0.3) is 0 Å². The maximum atomic E-state index is 5.11. The van der Waals surface area contributed by atoms with Gasteiger partial charge in [-0.25, -0.2) is 4.98 Å². The molecule has 16 heavy (non-hydrogen) atoms. The van der Waals surface area contributed by atoms with E-state index in [0.717, 1.165) is 12.1 Å². The molecule has 0 aliphatic carbocycles. The third-order valence-electron chi connectivity index (χ3n) is 2.41. The molecule has 1 rings (SSSR count). The van der Waals surface area contributed by atoms with E-state index < -0.39 is 0 Å². The quantitative estimate of drug-likeness (QED) is 0.805. The molecule has 0 radical (unpaired) electrons. The maximum Gasteiger partial charge on any atom is 0.226 e. The fraction of sp³-hybridized carbons (Fsp3) is 0.667. The first-order valence-electron chi connectivity index (χ1n) is 5.82. The number of rotatable bonds is 6. The summed E-state index contributed by atoms with van der Waals surface area (Å²) in [4.78, 5) is 8.58. The highest BCUT2D eigenvalue weighted by Crippen LogP contribution is 2.13. The Kier molecular flexibility index (Phi) is 5.02. The van der Waals surface area contributed by atoms with Crippen LogP contribution in [0.3, 0.4) is 0 Å². The molecule has 4 nitrogen and oxygen atoms in total. The number of ether oxygens (including phenoxy) is 1.